The van der Waals surface area contributed by atoms with Gasteiger partial charge >= 0.3 is 0 Å². The zero-order chi connectivity index (χ0) is 28.7. The molecule has 2 fully saturated rings. The Morgan fingerprint density at radius 2 is 1.41 bits per heavy atom. The van der Waals surface area contributed by atoms with E-state index in [0.717, 1.165) is 29.7 Å². The van der Waals surface area contributed by atoms with Crippen molar-refractivity contribution in [2.24, 2.45) is 11.1 Å². The zero-order valence-electron chi connectivity index (χ0n) is 23.7. The molecule has 0 bridgehead atoms. The summed E-state index contributed by atoms with van der Waals surface area (Å²) < 4.78 is 24.7. The molecule has 1 amide bonds. The Kier molecular flexibility index (Phi) is 10.4. The summed E-state index contributed by atoms with van der Waals surface area (Å²) in [7, 11) is -2.94. The van der Waals surface area contributed by atoms with Crippen molar-refractivity contribution in [1.82, 2.24) is 10.0 Å². The average Bonchev–Trinajstić information content (AvgIpc) is 3.59. The highest BCUT2D eigenvalue weighted by molar-refractivity contribution is 7.90. The van der Waals surface area contributed by atoms with Crippen LogP contribution < -0.4 is 10.0 Å². The van der Waals surface area contributed by atoms with Gasteiger partial charge in [-0.2, -0.15) is 0 Å². The molecule has 8 nitrogen and oxygen atoms in total. The van der Waals surface area contributed by atoms with Crippen LogP contribution in [0.15, 0.2) is 53.7 Å². The van der Waals surface area contributed by atoms with Crippen molar-refractivity contribution in [2.45, 2.75) is 90.7 Å². The minimum atomic E-state index is -2.94. The van der Waals surface area contributed by atoms with Gasteiger partial charge in [-0.05, 0) is 58.1 Å². The lowest BCUT2D eigenvalue weighted by molar-refractivity contribution is -0.126. The lowest BCUT2D eigenvalue weighted by atomic mass is 10.0. The molecular weight excluding hydrogens is 514 g/mol. The second-order valence-electron chi connectivity index (χ2n) is 10.9. The standard InChI is InChI=1S/C16H15NO.C8H13NO2.C6H13NO2S/c1-11(2)18-17-16-14-9-5-3-7-12(14)13-8-4-6-10-15(13)16;1-5(2)8(11)6-3-4-7(10)9-6;1-5(2)7-10(8,9)6-3-4-6/h3-11H,1-2H3;5-6H,3-4H2,1-2H3,(H,9,10);5-7H,3-4H2,1-2H3/t;6-;/m.0./s1. The number of rotatable bonds is 7. The largest absolute Gasteiger partial charge is 0.393 e. The Morgan fingerprint density at radius 3 is 1.79 bits per heavy atom. The Morgan fingerprint density at radius 1 is 0.897 bits per heavy atom. The van der Waals surface area contributed by atoms with Crippen LogP contribution in [-0.2, 0) is 24.4 Å². The molecule has 0 spiro atoms. The predicted molar refractivity (Wildman–Crippen MR) is 155 cm³/mol. The first-order chi connectivity index (χ1) is 18.4. The molecule has 1 aliphatic heterocycles. The fourth-order valence-electron chi connectivity index (χ4n) is 4.28. The van der Waals surface area contributed by atoms with Crippen LogP contribution in [0.1, 0.15) is 78.4 Å². The fraction of sp³-hybridized carbons (Fsp3) is 0.500. The van der Waals surface area contributed by atoms with E-state index < -0.39 is 10.0 Å². The molecule has 0 radical (unpaired) electrons. The Balaban J connectivity index is 0.000000173. The van der Waals surface area contributed by atoms with Crippen molar-refractivity contribution in [3.63, 3.8) is 0 Å². The molecule has 2 N–H and O–H groups in total. The second-order valence-corrected chi connectivity index (χ2v) is 12.9. The minimum absolute atomic E-state index is 0.00370. The van der Waals surface area contributed by atoms with Crippen molar-refractivity contribution in [3.8, 4) is 11.1 Å². The molecule has 2 aromatic carbocycles. The summed E-state index contributed by atoms with van der Waals surface area (Å²) in [5.41, 5.74) is 5.71. The van der Waals surface area contributed by atoms with E-state index in [9.17, 15) is 18.0 Å². The van der Waals surface area contributed by atoms with Gasteiger partial charge in [0.15, 0.2) is 5.78 Å². The Hall–Kier alpha value is -3.04. The first-order valence-corrected chi connectivity index (χ1v) is 15.2. The van der Waals surface area contributed by atoms with Gasteiger partial charge in [-0.1, -0.05) is 67.5 Å². The van der Waals surface area contributed by atoms with Crippen molar-refractivity contribution in [2.75, 3.05) is 0 Å². The third kappa shape index (κ3) is 8.47. The van der Waals surface area contributed by atoms with Gasteiger partial charge in [-0.15, -0.1) is 0 Å². The van der Waals surface area contributed by atoms with Crippen LogP contribution in [0.25, 0.3) is 11.1 Å². The number of carbonyl (C=O) groups is 2. The summed E-state index contributed by atoms with van der Waals surface area (Å²) in [4.78, 5) is 27.4. The van der Waals surface area contributed by atoms with E-state index in [1.165, 1.54) is 11.1 Å². The van der Waals surface area contributed by atoms with Gasteiger partial charge in [0.1, 0.15) is 11.8 Å². The molecular formula is C30H41N3O5S. The normalized spacial score (nSPS) is 17.5. The SMILES string of the molecule is CC(C)C(=O)[C@@H]1CCC(=O)N1.CC(C)NS(=O)(=O)C1CC1.CC(C)ON=C1c2ccccc2-c2ccccc21. The van der Waals surface area contributed by atoms with E-state index in [0.29, 0.717) is 12.8 Å². The van der Waals surface area contributed by atoms with Crippen LogP contribution in [0.3, 0.4) is 0 Å². The number of amides is 1. The number of nitrogens with one attached hydrogen (secondary N) is 2. The molecule has 3 aliphatic rings. The summed E-state index contributed by atoms with van der Waals surface area (Å²) >= 11 is 0. The molecule has 2 aromatic rings. The lowest BCUT2D eigenvalue weighted by Gasteiger charge is -2.10. The van der Waals surface area contributed by atoms with Gasteiger partial charge in [-0.3, -0.25) is 9.59 Å². The number of Topliss-reactive ketones (excluding diaryl/α,β-unsaturated/α-hetero) is 1. The molecule has 1 atom stereocenters. The summed E-state index contributed by atoms with van der Waals surface area (Å²) in [5.74, 6) is 0.179. The third-order valence-corrected chi connectivity index (χ3v) is 8.43. The second kappa shape index (κ2) is 13.3. The molecule has 39 heavy (non-hydrogen) atoms. The number of fused-ring (bicyclic) bond motifs is 3. The van der Waals surface area contributed by atoms with Gasteiger partial charge in [-0.25, -0.2) is 13.1 Å². The molecule has 0 aromatic heterocycles. The molecule has 1 saturated heterocycles. The summed E-state index contributed by atoms with van der Waals surface area (Å²) in [6, 6.07) is 16.5. The molecule has 5 rings (SSSR count). The van der Waals surface area contributed by atoms with Crippen LogP contribution >= 0.6 is 0 Å². The third-order valence-electron chi connectivity index (χ3n) is 6.28. The highest BCUT2D eigenvalue weighted by Gasteiger charge is 2.35. The first kappa shape index (κ1) is 30.5. The van der Waals surface area contributed by atoms with Crippen molar-refractivity contribution >= 4 is 27.4 Å². The topological polar surface area (TPSA) is 114 Å². The number of nitrogens with zero attached hydrogens (tertiary/aromatic N) is 1. The molecule has 212 valence electrons. The number of hydrogen-bond acceptors (Lipinski definition) is 6. The van der Waals surface area contributed by atoms with E-state index >= 15 is 0 Å². The van der Waals surface area contributed by atoms with Crippen LogP contribution in [0, 0.1) is 5.92 Å². The summed E-state index contributed by atoms with van der Waals surface area (Å²) in [5, 5.41) is 6.88. The van der Waals surface area contributed by atoms with Gasteiger partial charge in [0.05, 0.1) is 11.3 Å². The van der Waals surface area contributed by atoms with Crippen LogP contribution in [0.4, 0.5) is 0 Å². The zero-order valence-corrected chi connectivity index (χ0v) is 24.5. The molecule has 2 aliphatic carbocycles. The highest BCUT2D eigenvalue weighted by atomic mass is 32.2. The number of oxime groups is 1. The number of hydrogen-bond donors (Lipinski definition) is 2. The Labute approximate surface area is 232 Å². The number of ketones is 1. The van der Waals surface area contributed by atoms with E-state index in [1.54, 1.807) is 0 Å². The van der Waals surface area contributed by atoms with Gasteiger partial charge in [0, 0.05) is 29.5 Å². The minimum Gasteiger partial charge on any atom is -0.393 e. The van der Waals surface area contributed by atoms with Crippen molar-refractivity contribution < 1.29 is 22.8 Å². The monoisotopic (exact) mass is 555 g/mol. The number of carbonyl (C=O) groups excluding carboxylic acids is 2. The van der Waals surface area contributed by atoms with E-state index in [2.05, 4.69) is 51.6 Å². The van der Waals surface area contributed by atoms with E-state index in [1.807, 2.05) is 53.7 Å². The highest BCUT2D eigenvalue weighted by Crippen LogP contribution is 2.36. The van der Waals surface area contributed by atoms with Crippen molar-refractivity contribution in [3.05, 3.63) is 59.7 Å². The maximum atomic E-state index is 11.3. The van der Waals surface area contributed by atoms with Gasteiger partial charge < -0.3 is 10.2 Å². The Bertz CT molecular complexity index is 1250. The molecule has 9 heteroatoms. The van der Waals surface area contributed by atoms with E-state index in [-0.39, 0.29) is 41.0 Å². The average molecular weight is 556 g/mol. The number of sulfonamides is 1. The lowest BCUT2D eigenvalue weighted by Crippen LogP contribution is -2.35. The van der Waals surface area contributed by atoms with Gasteiger partial charge in [0.2, 0.25) is 15.9 Å². The quantitative estimate of drug-likeness (QED) is 0.406. The maximum absolute atomic E-state index is 11.3. The van der Waals surface area contributed by atoms with Crippen LogP contribution in [-0.4, -0.2) is 49.3 Å². The van der Waals surface area contributed by atoms with E-state index in [4.69, 9.17) is 4.84 Å². The number of benzene rings is 2. The van der Waals surface area contributed by atoms with Gasteiger partial charge in [0.25, 0.3) is 0 Å². The maximum Gasteiger partial charge on any atom is 0.220 e. The van der Waals surface area contributed by atoms with Crippen LogP contribution in [0.2, 0.25) is 0 Å². The molecule has 1 heterocycles. The molecule has 0 unspecified atom stereocenters. The summed E-state index contributed by atoms with van der Waals surface area (Å²) in [6.07, 6.45) is 2.95. The van der Waals surface area contributed by atoms with Crippen molar-refractivity contribution in [1.29, 1.82) is 0 Å². The molecule has 1 saturated carbocycles. The van der Waals surface area contributed by atoms with Crippen LogP contribution in [0.5, 0.6) is 0 Å². The smallest absolute Gasteiger partial charge is 0.220 e. The fourth-order valence-corrected chi connectivity index (χ4v) is 5.89. The first-order valence-electron chi connectivity index (χ1n) is 13.7. The predicted octanol–water partition coefficient (Wildman–Crippen LogP) is 4.81. The summed E-state index contributed by atoms with van der Waals surface area (Å²) in [6.45, 7) is 11.3.